The van der Waals surface area contributed by atoms with E-state index in [1.807, 2.05) is 0 Å². The first-order chi connectivity index (χ1) is 10.2. The lowest BCUT2D eigenvalue weighted by atomic mass is 9.81. The summed E-state index contributed by atoms with van der Waals surface area (Å²) in [5.41, 5.74) is 0. The van der Waals surface area contributed by atoms with Gasteiger partial charge in [-0.2, -0.15) is 0 Å². The van der Waals surface area contributed by atoms with Crippen LogP contribution in [0.4, 0.5) is 0 Å². The number of carbonyl (C=O) groups excluding carboxylic acids is 2. The molecule has 2 amide bonds. The van der Waals surface area contributed by atoms with E-state index in [0.717, 1.165) is 32.1 Å². The fraction of sp³-hybridized carbons (Fsp3) is 0.867. The summed E-state index contributed by atoms with van der Waals surface area (Å²) in [4.78, 5) is 23.9. The van der Waals surface area contributed by atoms with E-state index in [0.29, 0.717) is 26.3 Å². The fourth-order valence-corrected chi connectivity index (χ4v) is 2.61. The first-order valence-electron chi connectivity index (χ1n) is 7.72. The van der Waals surface area contributed by atoms with Crippen molar-refractivity contribution in [2.24, 2.45) is 11.8 Å². The third-order valence-electron chi connectivity index (χ3n) is 3.90. The van der Waals surface area contributed by atoms with Crippen LogP contribution in [0.5, 0.6) is 0 Å². The Bertz CT molecular complexity index is 315. The molecule has 0 spiro atoms. The van der Waals surface area contributed by atoms with Gasteiger partial charge in [-0.3, -0.25) is 9.59 Å². The molecule has 0 aromatic heterocycles. The molecule has 0 bridgehead atoms. The zero-order chi connectivity index (χ0) is 15.5. The predicted molar refractivity (Wildman–Crippen MR) is 79.8 cm³/mol. The van der Waals surface area contributed by atoms with Crippen LogP contribution in [0.25, 0.3) is 0 Å². The summed E-state index contributed by atoms with van der Waals surface area (Å²) < 4.78 is 9.85. The number of carbonyl (C=O) groups is 2. The lowest BCUT2D eigenvalue weighted by molar-refractivity contribution is -0.130. The van der Waals surface area contributed by atoms with Crippen molar-refractivity contribution in [3.05, 3.63) is 0 Å². The van der Waals surface area contributed by atoms with Gasteiger partial charge in [0.25, 0.3) is 0 Å². The molecule has 0 aromatic carbocycles. The molecule has 0 aliphatic heterocycles. The van der Waals surface area contributed by atoms with Crippen LogP contribution in [-0.4, -0.2) is 52.3 Å². The van der Waals surface area contributed by atoms with Crippen LogP contribution in [-0.2, 0) is 19.1 Å². The first-order valence-corrected chi connectivity index (χ1v) is 7.72. The summed E-state index contributed by atoms with van der Waals surface area (Å²) in [7, 11) is 3.27. The van der Waals surface area contributed by atoms with E-state index in [-0.39, 0.29) is 23.7 Å². The van der Waals surface area contributed by atoms with Crippen molar-refractivity contribution in [1.82, 2.24) is 10.6 Å². The van der Waals surface area contributed by atoms with Gasteiger partial charge in [0.1, 0.15) is 0 Å². The molecule has 0 atom stereocenters. The standard InChI is InChI=1S/C15H28N2O4/c1-20-10-3-8-16-14(18)12-4-6-13(7-5-12)15(19)17-9-11-21-2/h12-13H,3-11H2,1-2H3,(H,16,18)(H,17,19). The minimum absolute atomic E-state index is 0.0411. The fourth-order valence-electron chi connectivity index (χ4n) is 2.61. The van der Waals surface area contributed by atoms with Crippen molar-refractivity contribution < 1.29 is 19.1 Å². The molecule has 0 aromatic rings. The molecule has 1 saturated carbocycles. The van der Waals surface area contributed by atoms with Gasteiger partial charge in [-0.1, -0.05) is 0 Å². The van der Waals surface area contributed by atoms with Crippen LogP contribution in [0.3, 0.4) is 0 Å². The van der Waals surface area contributed by atoms with Crippen LogP contribution in [0.2, 0.25) is 0 Å². The van der Waals surface area contributed by atoms with E-state index in [2.05, 4.69) is 10.6 Å². The molecule has 0 radical (unpaired) electrons. The third-order valence-corrected chi connectivity index (χ3v) is 3.90. The second-order valence-corrected chi connectivity index (χ2v) is 5.47. The van der Waals surface area contributed by atoms with Crippen molar-refractivity contribution in [3.63, 3.8) is 0 Å². The molecule has 1 aliphatic carbocycles. The van der Waals surface area contributed by atoms with Crippen molar-refractivity contribution >= 4 is 11.8 Å². The summed E-state index contributed by atoms with van der Waals surface area (Å²) in [5, 5.41) is 5.80. The molecular weight excluding hydrogens is 272 g/mol. The van der Waals surface area contributed by atoms with Gasteiger partial charge in [0.05, 0.1) is 6.61 Å². The Hall–Kier alpha value is -1.14. The largest absolute Gasteiger partial charge is 0.385 e. The van der Waals surface area contributed by atoms with Crippen LogP contribution >= 0.6 is 0 Å². The highest BCUT2D eigenvalue weighted by molar-refractivity contribution is 5.81. The Morgan fingerprint density at radius 3 is 1.81 bits per heavy atom. The normalized spacial score (nSPS) is 21.8. The van der Waals surface area contributed by atoms with E-state index < -0.39 is 0 Å². The monoisotopic (exact) mass is 300 g/mol. The second kappa shape index (κ2) is 10.6. The molecule has 0 unspecified atom stereocenters. The number of methoxy groups -OCH3 is 2. The summed E-state index contributed by atoms with van der Waals surface area (Å²) in [6.07, 6.45) is 3.99. The smallest absolute Gasteiger partial charge is 0.223 e. The highest BCUT2D eigenvalue weighted by Gasteiger charge is 2.29. The van der Waals surface area contributed by atoms with Gasteiger partial charge < -0.3 is 20.1 Å². The minimum atomic E-state index is 0.0411. The number of hydrogen-bond acceptors (Lipinski definition) is 4. The van der Waals surface area contributed by atoms with Gasteiger partial charge in [-0.25, -0.2) is 0 Å². The van der Waals surface area contributed by atoms with Gasteiger partial charge >= 0.3 is 0 Å². The number of ether oxygens (including phenoxy) is 2. The average molecular weight is 300 g/mol. The molecule has 6 heteroatoms. The van der Waals surface area contributed by atoms with E-state index in [9.17, 15) is 9.59 Å². The number of hydrogen-bond donors (Lipinski definition) is 2. The Kier molecular flexibility index (Phi) is 9.01. The van der Waals surface area contributed by atoms with Crippen LogP contribution in [0.15, 0.2) is 0 Å². The highest BCUT2D eigenvalue weighted by atomic mass is 16.5. The quantitative estimate of drug-likeness (QED) is 0.615. The summed E-state index contributed by atoms with van der Waals surface area (Å²) in [5.74, 6) is 0.297. The minimum Gasteiger partial charge on any atom is -0.385 e. The van der Waals surface area contributed by atoms with Crippen LogP contribution in [0, 0.1) is 11.8 Å². The van der Waals surface area contributed by atoms with Crippen molar-refractivity contribution in [1.29, 1.82) is 0 Å². The zero-order valence-corrected chi connectivity index (χ0v) is 13.2. The summed E-state index contributed by atoms with van der Waals surface area (Å²) >= 11 is 0. The maximum absolute atomic E-state index is 12.0. The third kappa shape index (κ3) is 6.91. The molecule has 0 heterocycles. The van der Waals surface area contributed by atoms with Crippen molar-refractivity contribution in [3.8, 4) is 0 Å². The summed E-state index contributed by atoms with van der Waals surface area (Å²) in [6.45, 7) is 2.40. The summed E-state index contributed by atoms with van der Waals surface area (Å²) in [6, 6.07) is 0. The van der Waals surface area contributed by atoms with Gasteiger partial charge in [0.2, 0.25) is 11.8 Å². The van der Waals surface area contributed by atoms with E-state index in [1.165, 1.54) is 0 Å². The topological polar surface area (TPSA) is 76.7 Å². The zero-order valence-electron chi connectivity index (χ0n) is 13.2. The first kappa shape index (κ1) is 17.9. The van der Waals surface area contributed by atoms with Crippen molar-refractivity contribution in [2.45, 2.75) is 32.1 Å². The molecular formula is C15H28N2O4. The highest BCUT2D eigenvalue weighted by Crippen LogP contribution is 2.29. The molecule has 1 aliphatic rings. The molecule has 122 valence electrons. The van der Waals surface area contributed by atoms with E-state index in [4.69, 9.17) is 9.47 Å². The Morgan fingerprint density at radius 1 is 0.857 bits per heavy atom. The lowest BCUT2D eigenvalue weighted by Crippen LogP contribution is -2.38. The predicted octanol–water partition coefficient (Wildman–Crippen LogP) is 0.708. The number of rotatable bonds is 9. The van der Waals surface area contributed by atoms with Gasteiger partial charge in [-0.05, 0) is 32.1 Å². The van der Waals surface area contributed by atoms with Gasteiger partial charge in [-0.15, -0.1) is 0 Å². The molecule has 6 nitrogen and oxygen atoms in total. The number of amides is 2. The molecule has 0 saturated heterocycles. The second-order valence-electron chi connectivity index (χ2n) is 5.47. The average Bonchev–Trinajstić information content (AvgIpc) is 2.51. The van der Waals surface area contributed by atoms with Gasteiger partial charge in [0, 0.05) is 45.8 Å². The maximum atomic E-state index is 12.0. The van der Waals surface area contributed by atoms with E-state index >= 15 is 0 Å². The molecule has 1 fully saturated rings. The van der Waals surface area contributed by atoms with Crippen LogP contribution < -0.4 is 10.6 Å². The van der Waals surface area contributed by atoms with Gasteiger partial charge in [0.15, 0.2) is 0 Å². The van der Waals surface area contributed by atoms with Crippen molar-refractivity contribution in [2.75, 3.05) is 40.5 Å². The Balaban J connectivity index is 2.18. The number of nitrogens with one attached hydrogen (secondary N) is 2. The molecule has 2 N–H and O–H groups in total. The van der Waals surface area contributed by atoms with Crippen LogP contribution in [0.1, 0.15) is 32.1 Å². The Morgan fingerprint density at radius 2 is 1.33 bits per heavy atom. The van der Waals surface area contributed by atoms with E-state index in [1.54, 1.807) is 14.2 Å². The lowest BCUT2D eigenvalue weighted by Gasteiger charge is -2.27. The Labute approximate surface area is 126 Å². The maximum Gasteiger partial charge on any atom is 0.223 e. The molecule has 21 heavy (non-hydrogen) atoms. The SMILES string of the molecule is COCCCNC(=O)C1CCC(C(=O)NCCOC)CC1. The molecule has 1 rings (SSSR count).